The van der Waals surface area contributed by atoms with Gasteiger partial charge in [0.15, 0.2) is 0 Å². The van der Waals surface area contributed by atoms with Crippen LogP contribution in [0.2, 0.25) is 5.02 Å². The number of anilines is 1. The van der Waals surface area contributed by atoms with E-state index in [1.54, 1.807) is 30.0 Å². The van der Waals surface area contributed by atoms with Gasteiger partial charge in [-0.3, -0.25) is 9.10 Å². The van der Waals surface area contributed by atoms with Crippen LogP contribution in [0.1, 0.15) is 17.5 Å². The highest BCUT2D eigenvalue weighted by Gasteiger charge is 2.27. The van der Waals surface area contributed by atoms with Gasteiger partial charge in [0.2, 0.25) is 5.91 Å². The summed E-state index contributed by atoms with van der Waals surface area (Å²) in [6.07, 6.45) is 0.746. The van der Waals surface area contributed by atoms with E-state index in [9.17, 15) is 17.6 Å². The summed E-state index contributed by atoms with van der Waals surface area (Å²) in [7, 11) is -4.07. The third kappa shape index (κ3) is 6.98. The average molecular weight is 521 g/mol. The Morgan fingerprint density at radius 2 is 1.76 bits per heavy atom. The quantitative estimate of drug-likeness (QED) is 0.343. The Balaban J connectivity index is 1.60. The molecule has 5 nitrogen and oxygen atoms in total. The Labute approximate surface area is 209 Å². The maximum absolute atomic E-state index is 13.7. The van der Waals surface area contributed by atoms with E-state index < -0.39 is 28.3 Å². The first-order valence-corrected chi connectivity index (χ1v) is 13.7. The van der Waals surface area contributed by atoms with Gasteiger partial charge in [-0.25, -0.2) is 12.8 Å². The second-order valence-corrected chi connectivity index (χ2v) is 11.0. The molecule has 0 fully saturated rings. The Bertz CT molecular complexity index is 1220. The Morgan fingerprint density at radius 3 is 2.47 bits per heavy atom. The fourth-order valence-electron chi connectivity index (χ4n) is 3.22. The fraction of sp³-hybridized carbons (Fsp3) is 0.240. The molecule has 34 heavy (non-hydrogen) atoms. The summed E-state index contributed by atoms with van der Waals surface area (Å²) in [5, 5.41) is 2.55. The molecule has 0 aliphatic rings. The molecule has 0 radical (unpaired) electrons. The van der Waals surface area contributed by atoms with Gasteiger partial charge in [0.05, 0.1) is 15.6 Å². The van der Waals surface area contributed by atoms with Gasteiger partial charge in [-0.15, -0.1) is 0 Å². The predicted octanol–water partition coefficient (Wildman–Crippen LogP) is 5.42. The zero-order valence-corrected chi connectivity index (χ0v) is 21.1. The molecule has 1 N–H and O–H groups in total. The molecule has 0 aliphatic heterocycles. The highest BCUT2D eigenvalue weighted by Crippen LogP contribution is 2.27. The lowest BCUT2D eigenvalue weighted by molar-refractivity contribution is -0.119. The van der Waals surface area contributed by atoms with Crippen molar-refractivity contribution in [2.75, 3.05) is 23.1 Å². The fourth-order valence-corrected chi connectivity index (χ4v) is 5.86. The molecule has 0 unspecified atom stereocenters. The van der Waals surface area contributed by atoms with Crippen molar-refractivity contribution in [2.45, 2.75) is 24.0 Å². The molecule has 0 bridgehead atoms. The minimum Gasteiger partial charge on any atom is -0.354 e. The van der Waals surface area contributed by atoms with Crippen LogP contribution in [0.4, 0.5) is 10.1 Å². The first-order chi connectivity index (χ1) is 16.3. The van der Waals surface area contributed by atoms with Crippen molar-refractivity contribution in [1.29, 1.82) is 0 Å². The first-order valence-electron chi connectivity index (χ1n) is 10.7. The summed E-state index contributed by atoms with van der Waals surface area (Å²) >= 11 is 7.66. The summed E-state index contributed by atoms with van der Waals surface area (Å²) in [6, 6.07) is 19.6. The van der Waals surface area contributed by atoms with Crippen LogP contribution < -0.4 is 9.62 Å². The third-order valence-corrected chi connectivity index (χ3v) is 8.29. The maximum atomic E-state index is 13.7. The lowest BCUT2D eigenvalue weighted by Gasteiger charge is -2.24. The molecule has 3 aromatic rings. The first kappa shape index (κ1) is 26.1. The van der Waals surface area contributed by atoms with Crippen molar-refractivity contribution in [2.24, 2.45) is 0 Å². The molecule has 0 atom stereocenters. The second-order valence-electron chi connectivity index (χ2n) is 7.61. The summed E-state index contributed by atoms with van der Waals surface area (Å²) in [6.45, 7) is 2.05. The molecular weight excluding hydrogens is 495 g/mol. The number of nitrogens with one attached hydrogen (secondary N) is 1. The number of hydrogen-bond donors (Lipinski definition) is 1. The van der Waals surface area contributed by atoms with Crippen LogP contribution >= 0.6 is 23.4 Å². The molecule has 3 rings (SSSR count). The minimum atomic E-state index is -4.07. The van der Waals surface area contributed by atoms with E-state index in [0.29, 0.717) is 6.54 Å². The van der Waals surface area contributed by atoms with Crippen LogP contribution in [0.15, 0.2) is 77.7 Å². The number of rotatable bonds is 11. The number of benzene rings is 3. The molecule has 0 heterocycles. The smallest absolute Gasteiger partial charge is 0.264 e. The molecule has 0 saturated heterocycles. The van der Waals surface area contributed by atoms with Crippen molar-refractivity contribution in [3.05, 3.63) is 94.8 Å². The monoisotopic (exact) mass is 520 g/mol. The maximum Gasteiger partial charge on any atom is 0.264 e. The van der Waals surface area contributed by atoms with E-state index in [-0.39, 0.29) is 15.6 Å². The van der Waals surface area contributed by atoms with Crippen molar-refractivity contribution in [3.63, 3.8) is 0 Å². The second kappa shape index (κ2) is 12.2. The minimum absolute atomic E-state index is 0.0239. The number of halogens is 2. The van der Waals surface area contributed by atoms with E-state index in [1.807, 2.05) is 12.1 Å². The van der Waals surface area contributed by atoms with Gasteiger partial charge in [-0.05, 0) is 60.6 Å². The summed E-state index contributed by atoms with van der Waals surface area (Å²) in [5.74, 6) is 0.627. The van der Waals surface area contributed by atoms with Crippen LogP contribution in [0.3, 0.4) is 0 Å². The van der Waals surface area contributed by atoms with Gasteiger partial charge in [-0.1, -0.05) is 54.1 Å². The van der Waals surface area contributed by atoms with E-state index in [0.717, 1.165) is 28.3 Å². The number of carbonyl (C=O) groups excluding carboxylic acids is 1. The molecule has 9 heteroatoms. The lowest BCUT2D eigenvalue weighted by atomic mass is 10.1. The van der Waals surface area contributed by atoms with Crippen LogP contribution in [0.25, 0.3) is 0 Å². The normalized spacial score (nSPS) is 11.3. The van der Waals surface area contributed by atoms with Crippen molar-refractivity contribution >= 4 is 45.0 Å². The van der Waals surface area contributed by atoms with E-state index in [1.165, 1.54) is 35.4 Å². The molecule has 180 valence electrons. The van der Waals surface area contributed by atoms with Crippen LogP contribution in [-0.2, 0) is 20.6 Å². The lowest BCUT2D eigenvalue weighted by Crippen LogP contribution is -2.41. The third-order valence-electron chi connectivity index (χ3n) is 5.12. The van der Waals surface area contributed by atoms with E-state index in [4.69, 9.17) is 11.6 Å². The van der Waals surface area contributed by atoms with Gasteiger partial charge >= 0.3 is 0 Å². The number of carbonyl (C=O) groups is 1. The number of thioether (sulfide) groups is 1. The van der Waals surface area contributed by atoms with Crippen LogP contribution in [0.5, 0.6) is 0 Å². The van der Waals surface area contributed by atoms with Gasteiger partial charge in [0.25, 0.3) is 10.0 Å². The summed E-state index contributed by atoms with van der Waals surface area (Å²) in [5.41, 5.74) is 2.65. The van der Waals surface area contributed by atoms with Crippen molar-refractivity contribution in [3.8, 4) is 0 Å². The molecular formula is C25H26ClFN2O3S2. The Hall–Kier alpha value is -2.55. The summed E-state index contributed by atoms with van der Waals surface area (Å²) < 4.78 is 41.1. The number of amides is 1. The van der Waals surface area contributed by atoms with E-state index in [2.05, 4.69) is 24.4 Å². The number of sulfonamides is 1. The molecule has 0 aliphatic carbocycles. The van der Waals surface area contributed by atoms with E-state index >= 15 is 0 Å². The van der Waals surface area contributed by atoms with Gasteiger partial charge in [-0.2, -0.15) is 11.8 Å². The van der Waals surface area contributed by atoms with Crippen molar-refractivity contribution < 1.29 is 17.6 Å². The SMILES string of the molecule is Cc1ccccc1CSCCCNC(=O)CN(c1ccc(F)c(Cl)c1)S(=O)(=O)c1ccccc1. The van der Waals surface area contributed by atoms with Gasteiger partial charge < -0.3 is 5.32 Å². The average Bonchev–Trinajstić information content (AvgIpc) is 2.83. The van der Waals surface area contributed by atoms with Crippen LogP contribution in [-0.4, -0.2) is 33.2 Å². The number of nitrogens with zero attached hydrogens (tertiary/aromatic N) is 1. The highest BCUT2D eigenvalue weighted by atomic mass is 35.5. The Morgan fingerprint density at radius 1 is 1.06 bits per heavy atom. The van der Waals surface area contributed by atoms with Crippen molar-refractivity contribution in [1.82, 2.24) is 5.32 Å². The van der Waals surface area contributed by atoms with Gasteiger partial charge in [0.1, 0.15) is 12.4 Å². The highest BCUT2D eigenvalue weighted by molar-refractivity contribution is 7.98. The molecule has 0 aromatic heterocycles. The number of hydrogen-bond acceptors (Lipinski definition) is 4. The standard InChI is InChI=1S/C25H26ClFN2O3S2/c1-19-8-5-6-9-20(19)18-33-15-7-14-28-25(30)17-29(21-12-13-24(27)23(26)16-21)34(31,32)22-10-3-2-4-11-22/h2-6,8-13,16H,7,14-15,17-18H2,1H3,(H,28,30). The summed E-state index contributed by atoms with van der Waals surface area (Å²) in [4.78, 5) is 12.6. The predicted molar refractivity (Wildman–Crippen MR) is 137 cm³/mol. The zero-order chi connectivity index (χ0) is 24.6. The zero-order valence-electron chi connectivity index (χ0n) is 18.7. The Kier molecular flexibility index (Phi) is 9.38. The molecule has 0 spiro atoms. The number of aryl methyl sites for hydroxylation is 1. The molecule has 1 amide bonds. The largest absolute Gasteiger partial charge is 0.354 e. The molecule has 0 saturated carbocycles. The van der Waals surface area contributed by atoms with Crippen LogP contribution in [0, 0.1) is 12.7 Å². The topological polar surface area (TPSA) is 66.5 Å². The molecule has 3 aromatic carbocycles. The van der Waals surface area contributed by atoms with Gasteiger partial charge in [0, 0.05) is 12.3 Å².